The molecule has 0 unspecified atom stereocenters. The highest BCUT2D eigenvalue weighted by atomic mass is 16.4. The molecule has 0 aromatic carbocycles. The number of carboxylic acid groups (broad SMARTS) is 1. The summed E-state index contributed by atoms with van der Waals surface area (Å²) in [5.74, 6) is -1.10. The molecular formula is C13H25N3O4. The summed E-state index contributed by atoms with van der Waals surface area (Å²) in [6, 6.07) is -0.418. The van der Waals surface area contributed by atoms with Crippen molar-refractivity contribution in [1.82, 2.24) is 14.7 Å². The van der Waals surface area contributed by atoms with Gasteiger partial charge in [-0.15, -0.1) is 0 Å². The molecule has 20 heavy (non-hydrogen) atoms. The Hall–Kier alpha value is -1.79. The minimum atomic E-state index is -1.06. The van der Waals surface area contributed by atoms with Gasteiger partial charge in [0.2, 0.25) is 5.91 Å². The van der Waals surface area contributed by atoms with Crippen LogP contribution in [0.4, 0.5) is 4.79 Å². The zero-order chi connectivity index (χ0) is 15.9. The number of rotatable bonds is 7. The van der Waals surface area contributed by atoms with Gasteiger partial charge in [0.15, 0.2) is 0 Å². The van der Waals surface area contributed by atoms with Gasteiger partial charge in [-0.3, -0.25) is 9.59 Å². The van der Waals surface area contributed by atoms with E-state index in [1.807, 2.05) is 13.8 Å². The summed E-state index contributed by atoms with van der Waals surface area (Å²) in [6.07, 6.45) is 0. The molecule has 0 aliphatic carbocycles. The van der Waals surface area contributed by atoms with Gasteiger partial charge in [-0.25, -0.2) is 4.79 Å². The summed E-state index contributed by atoms with van der Waals surface area (Å²) in [4.78, 5) is 38.9. The number of carboxylic acids is 1. The third-order valence-electron chi connectivity index (χ3n) is 2.66. The van der Waals surface area contributed by atoms with E-state index in [1.165, 1.54) is 14.7 Å². The maximum atomic E-state index is 12.3. The van der Waals surface area contributed by atoms with Crippen LogP contribution in [0.5, 0.6) is 0 Å². The molecule has 0 spiro atoms. The van der Waals surface area contributed by atoms with Crippen LogP contribution in [0.2, 0.25) is 0 Å². The molecule has 0 saturated carbocycles. The molecule has 0 atom stereocenters. The number of nitrogens with zero attached hydrogens (tertiary/aromatic N) is 3. The second kappa shape index (κ2) is 8.39. The Morgan fingerprint density at radius 2 is 1.60 bits per heavy atom. The Labute approximate surface area is 120 Å². The minimum Gasteiger partial charge on any atom is -0.480 e. The Kier molecular flexibility index (Phi) is 7.64. The molecule has 0 rings (SSSR count). The lowest BCUT2D eigenvalue weighted by molar-refractivity contribution is -0.137. The number of carbonyl (C=O) groups excluding carboxylic acids is 2. The van der Waals surface area contributed by atoms with E-state index in [0.29, 0.717) is 13.1 Å². The second-order valence-electron chi connectivity index (χ2n) is 5.25. The van der Waals surface area contributed by atoms with Crippen LogP contribution in [0.25, 0.3) is 0 Å². The van der Waals surface area contributed by atoms with Crippen molar-refractivity contribution in [2.75, 3.05) is 40.3 Å². The van der Waals surface area contributed by atoms with Crippen LogP contribution in [-0.4, -0.2) is 78.0 Å². The second-order valence-corrected chi connectivity index (χ2v) is 5.25. The average Bonchev–Trinajstić information content (AvgIpc) is 2.32. The molecule has 0 aliphatic rings. The Balaban J connectivity index is 4.89. The molecule has 0 fully saturated rings. The van der Waals surface area contributed by atoms with Gasteiger partial charge >= 0.3 is 12.0 Å². The van der Waals surface area contributed by atoms with Crippen LogP contribution in [0.15, 0.2) is 0 Å². The highest BCUT2D eigenvalue weighted by Crippen LogP contribution is 2.05. The fourth-order valence-electron chi connectivity index (χ4n) is 1.63. The summed E-state index contributed by atoms with van der Waals surface area (Å²) >= 11 is 0. The number of urea groups is 1. The van der Waals surface area contributed by atoms with Crippen LogP contribution in [-0.2, 0) is 9.59 Å². The van der Waals surface area contributed by atoms with Crippen LogP contribution < -0.4 is 0 Å². The van der Waals surface area contributed by atoms with E-state index in [9.17, 15) is 14.4 Å². The number of aliphatic carboxylic acids is 1. The van der Waals surface area contributed by atoms with Crippen LogP contribution in [0.1, 0.15) is 20.8 Å². The molecule has 7 nitrogen and oxygen atoms in total. The van der Waals surface area contributed by atoms with Gasteiger partial charge in [0.1, 0.15) is 13.1 Å². The first-order valence-electron chi connectivity index (χ1n) is 6.64. The van der Waals surface area contributed by atoms with E-state index >= 15 is 0 Å². The molecule has 0 radical (unpaired) electrons. The van der Waals surface area contributed by atoms with Gasteiger partial charge in [0.25, 0.3) is 0 Å². The van der Waals surface area contributed by atoms with Crippen molar-refractivity contribution in [3.8, 4) is 0 Å². The summed E-state index contributed by atoms with van der Waals surface area (Å²) in [7, 11) is 3.23. The Bertz CT molecular complexity index is 356. The highest BCUT2D eigenvalue weighted by Gasteiger charge is 2.24. The quantitative estimate of drug-likeness (QED) is 0.742. The number of amides is 3. The predicted octanol–water partition coefficient (Wildman–Crippen LogP) is 0.559. The van der Waals surface area contributed by atoms with Crippen molar-refractivity contribution >= 4 is 17.9 Å². The molecule has 116 valence electrons. The lowest BCUT2D eigenvalue weighted by atomic mass is 10.2. The van der Waals surface area contributed by atoms with Gasteiger partial charge in [0.05, 0.1) is 0 Å². The highest BCUT2D eigenvalue weighted by molar-refractivity contribution is 5.85. The van der Waals surface area contributed by atoms with Crippen molar-refractivity contribution in [3.63, 3.8) is 0 Å². The molecule has 7 heteroatoms. The monoisotopic (exact) mass is 287 g/mol. The molecule has 0 aliphatic heterocycles. The first kappa shape index (κ1) is 18.2. The summed E-state index contributed by atoms with van der Waals surface area (Å²) in [5.41, 5.74) is 0. The number of hydrogen-bond donors (Lipinski definition) is 1. The van der Waals surface area contributed by atoms with Crippen LogP contribution >= 0.6 is 0 Å². The van der Waals surface area contributed by atoms with Crippen molar-refractivity contribution in [1.29, 1.82) is 0 Å². The zero-order valence-electron chi connectivity index (χ0n) is 12.9. The van der Waals surface area contributed by atoms with Gasteiger partial charge in [-0.2, -0.15) is 0 Å². The van der Waals surface area contributed by atoms with Crippen molar-refractivity contribution in [2.45, 2.75) is 20.8 Å². The normalized spacial score (nSPS) is 10.3. The number of carbonyl (C=O) groups is 3. The van der Waals surface area contributed by atoms with Crippen molar-refractivity contribution < 1.29 is 19.5 Å². The molecular weight excluding hydrogens is 262 g/mol. The van der Waals surface area contributed by atoms with Gasteiger partial charge in [-0.1, -0.05) is 13.8 Å². The topological polar surface area (TPSA) is 81.2 Å². The number of likely N-dealkylation sites (N-methyl/N-ethyl adjacent to an activating group) is 2. The summed E-state index contributed by atoms with van der Waals surface area (Å²) in [6.45, 7) is 5.87. The van der Waals surface area contributed by atoms with Crippen molar-refractivity contribution in [2.24, 2.45) is 5.92 Å². The summed E-state index contributed by atoms with van der Waals surface area (Å²) < 4.78 is 0. The van der Waals surface area contributed by atoms with E-state index in [-0.39, 0.29) is 24.9 Å². The summed E-state index contributed by atoms with van der Waals surface area (Å²) in [5, 5.41) is 8.88. The van der Waals surface area contributed by atoms with E-state index in [0.717, 1.165) is 0 Å². The van der Waals surface area contributed by atoms with E-state index in [2.05, 4.69) is 0 Å². The van der Waals surface area contributed by atoms with Gasteiger partial charge < -0.3 is 19.8 Å². The lowest BCUT2D eigenvalue weighted by Crippen LogP contribution is -2.49. The van der Waals surface area contributed by atoms with Gasteiger partial charge in [0, 0.05) is 27.2 Å². The third kappa shape index (κ3) is 6.40. The third-order valence-corrected chi connectivity index (χ3v) is 2.66. The number of hydrogen-bond acceptors (Lipinski definition) is 3. The molecule has 3 amide bonds. The van der Waals surface area contributed by atoms with E-state index < -0.39 is 12.0 Å². The molecule has 1 N–H and O–H groups in total. The van der Waals surface area contributed by atoms with Crippen LogP contribution in [0, 0.1) is 5.92 Å². The standard InChI is InChI=1S/C13H25N3O4/c1-6-15(8-11(17)14(4)5)13(20)16(7-10(2)3)9-12(18)19/h10H,6-9H2,1-5H3,(H,18,19). The SMILES string of the molecule is CCN(CC(=O)N(C)C)C(=O)N(CC(=O)O)CC(C)C. The average molecular weight is 287 g/mol. The zero-order valence-corrected chi connectivity index (χ0v) is 12.9. The Morgan fingerprint density at radius 1 is 1.05 bits per heavy atom. The predicted molar refractivity (Wildman–Crippen MR) is 75.4 cm³/mol. The Morgan fingerprint density at radius 3 is 1.95 bits per heavy atom. The van der Waals surface area contributed by atoms with Crippen molar-refractivity contribution in [3.05, 3.63) is 0 Å². The molecule has 0 aromatic rings. The van der Waals surface area contributed by atoms with Gasteiger partial charge in [-0.05, 0) is 12.8 Å². The minimum absolute atomic E-state index is 0.0451. The fourth-order valence-corrected chi connectivity index (χ4v) is 1.63. The molecule has 0 saturated heterocycles. The first-order valence-corrected chi connectivity index (χ1v) is 6.64. The lowest BCUT2D eigenvalue weighted by Gasteiger charge is -2.30. The largest absolute Gasteiger partial charge is 0.480 e. The molecule has 0 aromatic heterocycles. The molecule has 0 bridgehead atoms. The smallest absolute Gasteiger partial charge is 0.323 e. The molecule has 0 heterocycles. The maximum Gasteiger partial charge on any atom is 0.323 e. The van der Waals surface area contributed by atoms with E-state index in [4.69, 9.17) is 5.11 Å². The maximum absolute atomic E-state index is 12.3. The fraction of sp³-hybridized carbons (Fsp3) is 0.769. The van der Waals surface area contributed by atoms with E-state index in [1.54, 1.807) is 21.0 Å². The van der Waals surface area contributed by atoms with Crippen LogP contribution in [0.3, 0.4) is 0 Å². The first-order chi connectivity index (χ1) is 9.18.